The summed E-state index contributed by atoms with van der Waals surface area (Å²) in [5.74, 6) is 1.04. The van der Waals surface area contributed by atoms with Crippen molar-refractivity contribution in [3.8, 4) is 0 Å². The van der Waals surface area contributed by atoms with Crippen molar-refractivity contribution < 1.29 is 9.00 Å². The number of hydrogen-bond donors (Lipinski definition) is 2. The molecule has 5 nitrogen and oxygen atoms in total. The van der Waals surface area contributed by atoms with Crippen LogP contribution in [-0.2, 0) is 15.6 Å². The number of carbonyl (C=O) groups is 1. The van der Waals surface area contributed by atoms with Crippen LogP contribution in [0.1, 0.15) is 6.42 Å². The average Bonchev–Trinajstić information content (AvgIpc) is 2.26. The number of amides is 1. The fourth-order valence-corrected chi connectivity index (χ4v) is 2.49. The molecule has 2 unspecified atom stereocenters. The summed E-state index contributed by atoms with van der Waals surface area (Å²) in [5, 5.41) is 5.83. The van der Waals surface area contributed by atoms with Crippen LogP contribution in [-0.4, -0.2) is 33.2 Å². The molecule has 17 heavy (non-hydrogen) atoms. The van der Waals surface area contributed by atoms with Gasteiger partial charge in [0.05, 0.1) is 5.69 Å². The minimum atomic E-state index is -0.892. The van der Waals surface area contributed by atoms with E-state index in [1.54, 1.807) is 18.5 Å². The molecule has 92 valence electrons. The van der Waals surface area contributed by atoms with E-state index in [1.807, 2.05) is 0 Å². The predicted octanol–water partition coefficient (Wildman–Crippen LogP) is 1.35. The summed E-state index contributed by atoms with van der Waals surface area (Å²) in [7, 11) is -0.892. The highest BCUT2D eigenvalue weighted by atomic mass is 79.9. The number of carbonyl (C=O) groups excluding carboxylic acids is 1. The zero-order valence-electron chi connectivity index (χ0n) is 9.20. The van der Waals surface area contributed by atoms with E-state index in [-0.39, 0.29) is 11.9 Å². The number of aromatic nitrogens is 1. The Morgan fingerprint density at radius 3 is 3.06 bits per heavy atom. The van der Waals surface area contributed by atoms with E-state index in [4.69, 9.17) is 0 Å². The summed E-state index contributed by atoms with van der Waals surface area (Å²) in [6.45, 7) is 0. The third-order valence-electron chi connectivity index (χ3n) is 2.43. The Morgan fingerprint density at radius 1 is 1.59 bits per heavy atom. The number of hydrogen-bond acceptors (Lipinski definition) is 4. The Bertz CT molecular complexity index is 481. The van der Waals surface area contributed by atoms with Crippen LogP contribution in [0.2, 0.25) is 0 Å². The number of nitrogens with zero attached hydrogens (tertiary/aromatic N) is 1. The van der Waals surface area contributed by atoms with Crippen molar-refractivity contribution in [2.45, 2.75) is 12.5 Å². The van der Waals surface area contributed by atoms with Crippen molar-refractivity contribution in [2.75, 3.05) is 22.6 Å². The molecule has 0 spiro atoms. The second-order valence-corrected chi connectivity index (χ2v) is 6.27. The molecule has 7 heteroatoms. The quantitative estimate of drug-likeness (QED) is 0.882. The Kier molecular flexibility index (Phi) is 3.78. The fraction of sp³-hybridized carbons (Fsp3) is 0.400. The molecule has 0 radical (unpaired) electrons. The molecule has 0 saturated heterocycles. The molecule has 1 aromatic rings. The van der Waals surface area contributed by atoms with Crippen molar-refractivity contribution in [1.82, 2.24) is 4.98 Å². The molecule has 0 aromatic carbocycles. The van der Waals surface area contributed by atoms with Crippen molar-refractivity contribution in [2.24, 2.45) is 0 Å². The lowest BCUT2D eigenvalue weighted by Gasteiger charge is -2.25. The molecule has 2 N–H and O–H groups in total. The lowest BCUT2D eigenvalue weighted by molar-refractivity contribution is -0.117. The summed E-state index contributed by atoms with van der Waals surface area (Å²) < 4.78 is 11.8. The zero-order chi connectivity index (χ0) is 12.4. The third-order valence-corrected chi connectivity index (χ3v) is 3.68. The lowest BCUT2D eigenvalue weighted by atomic mass is 10.1. The van der Waals surface area contributed by atoms with Crippen molar-refractivity contribution in [3.05, 3.63) is 16.7 Å². The molecule has 2 atom stereocenters. The number of rotatable bonds is 3. The number of nitrogens with one attached hydrogen (secondary N) is 2. The van der Waals surface area contributed by atoms with Crippen LogP contribution >= 0.6 is 15.9 Å². The van der Waals surface area contributed by atoms with Crippen LogP contribution in [0.5, 0.6) is 0 Å². The molecule has 1 aliphatic heterocycles. The van der Waals surface area contributed by atoms with E-state index in [9.17, 15) is 9.00 Å². The van der Waals surface area contributed by atoms with E-state index in [0.29, 0.717) is 23.7 Å². The third kappa shape index (κ3) is 3.04. The van der Waals surface area contributed by atoms with Gasteiger partial charge in [0.25, 0.3) is 0 Å². The van der Waals surface area contributed by atoms with E-state index in [0.717, 1.165) is 4.47 Å². The summed E-state index contributed by atoms with van der Waals surface area (Å²) >= 11 is 3.29. The second-order valence-electron chi connectivity index (χ2n) is 3.80. The Hall–Kier alpha value is -0.950. The van der Waals surface area contributed by atoms with Gasteiger partial charge < -0.3 is 10.6 Å². The van der Waals surface area contributed by atoms with Crippen LogP contribution in [0.3, 0.4) is 0 Å². The van der Waals surface area contributed by atoms with Gasteiger partial charge in [0, 0.05) is 33.5 Å². The summed E-state index contributed by atoms with van der Waals surface area (Å²) in [6, 6.07) is 1.43. The molecule has 2 rings (SSSR count). The smallest absolute Gasteiger partial charge is 0.247 e. The maximum atomic E-state index is 11.8. The van der Waals surface area contributed by atoms with Gasteiger partial charge in [-0.3, -0.25) is 9.00 Å². The molecular formula is C10H12BrN3O2S. The number of fused-ring (bicyclic) bond motifs is 1. The average molecular weight is 318 g/mol. The highest BCUT2D eigenvalue weighted by Crippen LogP contribution is 2.27. The topological polar surface area (TPSA) is 71.1 Å². The molecule has 1 aromatic heterocycles. The minimum absolute atomic E-state index is 0.108. The minimum Gasteiger partial charge on any atom is -0.357 e. The lowest BCUT2D eigenvalue weighted by Crippen LogP contribution is -2.40. The molecule has 2 heterocycles. The van der Waals surface area contributed by atoms with Gasteiger partial charge in [0.2, 0.25) is 5.91 Å². The number of pyridine rings is 1. The number of halogens is 1. The van der Waals surface area contributed by atoms with Crippen LogP contribution in [0.15, 0.2) is 16.7 Å². The Labute approximate surface area is 110 Å². The van der Waals surface area contributed by atoms with Crippen molar-refractivity contribution in [3.63, 3.8) is 0 Å². The SMILES string of the molecule is CS(=O)CCC1Nc2ncc(Br)cc2NC1=O. The van der Waals surface area contributed by atoms with Crippen molar-refractivity contribution >= 4 is 44.1 Å². The van der Waals surface area contributed by atoms with Crippen LogP contribution in [0, 0.1) is 0 Å². The largest absolute Gasteiger partial charge is 0.357 e. The predicted molar refractivity (Wildman–Crippen MR) is 71.5 cm³/mol. The van der Waals surface area contributed by atoms with Gasteiger partial charge in [-0.1, -0.05) is 0 Å². The van der Waals surface area contributed by atoms with Gasteiger partial charge in [-0.05, 0) is 28.4 Å². The van der Waals surface area contributed by atoms with Gasteiger partial charge in [0.15, 0.2) is 5.82 Å². The maximum Gasteiger partial charge on any atom is 0.247 e. The van der Waals surface area contributed by atoms with Gasteiger partial charge in [0.1, 0.15) is 6.04 Å². The number of anilines is 2. The van der Waals surface area contributed by atoms with Gasteiger partial charge >= 0.3 is 0 Å². The van der Waals surface area contributed by atoms with E-state index < -0.39 is 10.8 Å². The van der Waals surface area contributed by atoms with E-state index in [2.05, 4.69) is 31.5 Å². The molecule has 0 saturated carbocycles. The summed E-state index contributed by atoms with van der Waals surface area (Å²) in [4.78, 5) is 15.9. The van der Waals surface area contributed by atoms with Gasteiger partial charge in [-0.15, -0.1) is 0 Å². The van der Waals surface area contributed by atoms with Crippen LogP contribution in [0.4, 0.5) is 11.5 Å². The van der Waals surface area contributed by atoms with Gasteiger partial charge in [-0.2, -0.15) is 0 Å². The molecule has 0 bridgehead atoms. The zero-order valence-corrected chi connectivity index (χ0v) is 11.6. The molecule has 1 aliphatic rings. The highest BCUT2D eigenvalue weighted by Gasteiger charge is 2.26. The highest BCUT2D eigenvalue weighted by molar-refractivity contribution is 9.10. The first-order valence-corrected chi connectivity index (χ1v) is 7.61. The fourth-order valence-electron chi connectivity index (χ4n) is 1.59. The first-order valence-electron chi connectivity index (χ1n) is 5.09. The van der Waals surface area contributed by atoms with Crippen LogP contribution in [0.25, 0.3) is 0 Å². The van der Waals surface area contributed by atoms with E-state index in [1.165, 1.54) is 0 Å². The standard InChI is InChI=1S/C10H12BrN3O2S/c1-17(16)3-2-7-10(15)14-8-4-6(11)5-12-9(8)13-7/h4-5,7H,2-3H2,1H3,(H,12,13)(H,14,15). The Morgan fingerprint density at radius 2 is 2.35 bits per heavy atom. The molecule has 1 amide bonds. The second kappa shape index (κ2) is 5.14. The van der Waals surface area contributed by atoms with Gasteiger partial charge in [-0.25, -0.2) is 4.98 Å². The first-order chi connectivity index (χ1) is 8.06. The Balaban J connectivity index is 2.13. The summed E-state index contributed by atoms with van der Waals surface area (Å²) in [5.41, 5.74) is 0.665. The van der Waals surface area contributed by atoms with Crippen LogP contribution < -0.4 is 10.6 Å². The van der Waals surface area contributed by atoms with E-state index >= 15 is 0 Å². The monoisotopic (exact) mass is 317 g/mol. The molecule has 0 fully saturated rings. The van der Waals surface area contributed by atoms with Crippen molar-refractivity contribution in [1.29, 1.82) is 0 Å². The maximum absolute atomic E-state index is 11.8. The normalized spacial score (nSPS) is 20.1. The molecular weight excluding hydrogens is 306 g/mol. The molecule has 0 aliphatic carbocycles. The first kappa shape index (κ1) is 12.5. The summed E-state index contributed by atoms with van der Waals surface area (Å²) in [6.07, 6.45) is 3.83.